The van der Waals surface area contributed by atoms with Crippen LogP contribution in [0, 0.1) is 6.92 Å². The monoisotopic (exact) mass is 336 g/mol. The number of hydrogen-bond acceptors (Lipinski definition) is 4. The van der Waals surface area contributed by atoms with Gasteiger partial charge in [0.05, 0.1) is 6.04 Å². The summed E-state index contributed by atoms with van der Waals surface area (Å²) in [4.78, 5) is 26.5. The molecule has 0 radical (unpaired) electrons. The highest BCUT2D eigenvalue weighted by Crippen LogP contribution is 2.28. The van der Waals surface area contributed by atoms with E-state index in [2.05, 4.69) is 40.1 Å². The lowest BCUT2D eigenvalue weighted by Gasteiger charge is -2.29. The molecule has 0 N–H and O–H groups in total. The average molecular weight is 336 g/mol. The van der Waals surface area contributed by atoms with Gasteiger partial charge in [-0.3, -0.25) is 9.69 Å². The number of carbonyl (C=O) groups excluding carboxylic acids is 1. The van der Waals surface area contributed by atoms with Gasteiger partial charge in [0, 0.05) is 18.8 Å². The van der Waals surface area contributed by atoms with Gasteiger partial charge in [0.15, 0.2) is 0 Å². The van der Waals surface area contributed by atoms with Crippen molar-refractivity contribution in [2.75, 3.05) is 20.1 Å². The topological polar surface area (TPSA) is 49.3 Å². The molecule has 0 spiro atoms. The number of aryl methyl sites for hydroxylation is 1. The smallest absolute Gasteiger partial charge is 0.272 e. The highest BCUT2D eigenvalue weighted by Gasteiger charge is 2.28. The minimum Gasteiger partial charge on any atom is -0.333 e. The summed E-state index contributed by atoms with van der Waals surface area (Å²) in [6.07, 6.45) is 3.12. The summed E-state index contributed by atoms with van der Waals surface area (Å²) in [5.41, 5.74) is 3.98. The van der Waals surface area contributed by atoms with E-state index in [1.54, 1.807) is 0 Å². The Bertz CT molecular complexity index is 804. The van der Waals surface area contributed by atoms with E-state index in [1.807, 2.05) is 24.0 Å². The minimum absolute atomic E-state index is 0.0157. The predicted octanol–water partition coefficient (Wildman–Crippen LogP) is 2.75. The van der Waals surface area contributed by atoms with Crippen LogP contribution in [0.4, 0.5) is 0 Å². The summed E-state index contributed by atoms with van der Waals surface area (Å²) in [5, 5.41) is 0. The second-order valence-electron chi connectivity index (χ2n) is 7.14. The van der Waals surface area contributed by atoms with Gasteiger partial charge in [-0.05, 0) is 57.0 Å². The Labute approximate surface area is 148 Å². The molecule has 1 amide bonds. The molecule has 1 aromatic heterocycles. The minimum atomic E-state index is 0.0157. The van der Waals surface area contributed by atoms with Crippen LogP contribution in [0.3, 0.4) is 0 Å². The lowest BCUT2D eigenvalue weighted by atomic mass is 10.00. The first-order valence-corrected chi connectivity index (χ1v) is 9.03. The number of hydrogen-bond donors (Lipinski definition) is 0. The molecule has 5 heteroatoms. The Hall–Kier alpha value is -2.27. The normalized spacial score (nSPS) is 20.6. The van der Waals surface area contributed by atoms with Gasteiger partial charge in [0.2, 0.25) is 0 Å². The van der Waals surface area contributed by atoms with E-state index in [1.165, 1.54) is 11.1 Å². The molecule has 130 valence electrons. The van der Waals surface area contributed by atoms with Crippen LogP contribution in [0.5, 0.6) is 0 Å². The molecule has 2 aliphatic heterocycles. The van der Waals surface area contributed by atoms with Gasteiger partial charge in [0.1, 0.15) is 11.5 Å². The van der Waals surface area contributed by atoms with Gasteiger partial charge in [0.25, 0.3) is 5.91 Å². The zero-order chi connectivity index (χ0) is 17.4. The third kappa shape index (κ3) is 3.16. The van der Waals surface area contributed by atoms with Gasteiger partial charge in [-0.15, -0.1) is 0 Å². The number of amides is 1. The zero-order valence-corrected chi connectivity index (χ0v) is 14.9. The number of aromatic nitrogens is 2. The third-order valence-electron chi connectivity index (χ3n) is 5.33. The molecule has 0 bridgehead atoms. The molecule has 25 heavy (non-hydrogen) atoms. The fraction of sp³-hybridized carbons (Fsp3) is 0.450. The zero-order valence-electron chi connectivity index (χ0n) is 14.9. The fourth-order valence-corrected chi connectivity index (χ4v) is 3.92. The molecule has 1 saturated heterocycles. The molecule has 2 aromatic rings. The van der Waals surface area contributed by atoms with E-state index in [0.717, 1.165) is 43.9 Å². The fourth-order valence-electron chi connectivity index (χ4n) is 3.92. The van der Waals surface area contributed by atoms with Crippen molar-refractivity contribution in [1.82, 2.24) is 19.8 Å². The summed E-state index contributed by atoms with van der Waals surface area (Å²) in [6, 6.07) is 10.4. The number of fused-ring (bicyclic) bond motifs is 1. The SMILES string of the molecule is Cc1cc(C(=O)N2CCc3ccccc3C2)nc([C@@H]2CCCN2C)n1. The number of likely N-dealkylation sites (tertiary alicyclic amines) is 1. The van der Waals surface area contributed by atoms with Crippen LogP contribution >= 0.6 is 0 Å². The van der Waals surface area contributed by atoms with E-state index in [-0.39, 0.29) is 11.9 Å². The number of benzene rings is 1. The highest BCUT2D eigenvalue weighted by atomic mass is 16.2. The molecule has 0 aliphatic carbocycles. The third-order valence-corrected chi connectivity index (χ3v) is 5.33. The summed E-state index contributed by atoms with van der Waals surface area (Å²) in [7, 11) is 2.10. The Morgan fingerprint density at radius 3 is 2.72 bits per heavy atom. The number of nitrogens with zero attached hydrogens (tertiary/aromatic N) is 4. The molecule has 0 unspecified atom stereocenters. The molecule has 1 fully saturated rings. The maximum atomic E-state index is 13.0. The van der Waals surface area contributed by atoms with Crippen molar-refractivity contribution >= 4 is 5.91 Å². The molecule has 1 aromatic carbocycles. The molecule has 3 heterocycles. The van der Waals surface area contributed by atoms with Crippen molar-refractivity contribution in [2.24, 2.45) is 0 Å². The first-order valence-electron chi connectivity index (χ1n) is 9.03. The van der Waals surface area contributed by atoms with E-state index >= 15 is 0 Å². The number of carbonyl (C=O) groups is 1. The Morgan fingerprint density at radius 1 is 1.16 bits per heavy atom. The standard InChI is InChI=1S/C20H24N4O/c1-14-12-17(22-19(21-14)18-8-5-10-23(18)2)20(25)24-11-9-15-6-3-4-7-16(15)13-24/h3-4,6-7,12,18H,5,8-11,13H2,1-2H3/t18-/m0/s1. The summed E-state index contributed by atoms with van der Waals surface area (Å²) in [5.74, 6) is 0.808. The van der Waals surface area contributed by atoms with Crippen LogP contribution in [0.1, 0.15) is 52.0 Å². The first kappa shape index (κ1) is 16.2. The quantitative estimate of drug-likeness (QED) is 0.846. The highest BCUT2D eigenvalue weighted by molar-refractivity contribution is 5.92. The second-order valence-corrected chi connectivity index (χ2v) is 7.14. The van der Waals surface area contributed by atoms with Crippen molar-refractivity contribution in [3.05, 3.63) is 58.7 Å². The van der Waals surface area contributed by atoms with E-state index in [0.29, 0.717) is 12.2 Å². The van der Waals surface area contributed by atoms with Crippen molar-refractivity contribution < 1.29 is 4.79 Å². The summed E-state index contributed by atoms with van der Waals surface area (Å²) < 4.78 is 0. The van der Waals surface area contributed by atoms with Crippen molar-refractivity contribution in [2.45, 2.75) is 38.8 Å². The lowest BCUT2D eigenvalue weighted by Crippen LogP contribution is -2.36. The lowest BCUT2D eigenvalue weighted by molar-refractivity contribution is 0.0727. The van der Waals surface area contributed by atoms with E-state index in [4.69, 9.17) is 0 Å². The summed E-state index contributed by atoms with van der Waals surface area (Å²) in [6.45, 7) is 4.42. The molecule has 4 rings (SSSR count). The summed E-state index contributed by atoms with van der Waals surface area (Å²) >= 11 is 0. The van der Waals surface area contributed by atoms with Crippen LogP contribution in [-0.4, -0.2) is 45.8 Å². The Balaban J connectivity index is 1.59. The van der Waals surface area contributed by atoms with Crippen molar-refractivity contribution in [3.8, 4) is 0 Å². The van der Waals surface area contributed by atoms with Crippen molar-refractivity contribution in [1.29, 1.82) is 0 Å². The maximum Gasteiger partial charge on any atom is 0.272 e. The maximum absolute atomic E-state index is 13.0. The molecule has 2 aliphatic rings. The molecule has 1 atom stereocenters. The molecular formula is C20H24N4O. The van der Waals surface area contributed by atoms with Crippen LogP contribution in [0.15, 0.2) is 30.3 Å². The molecular weight excluding hydrogens is 312 g/mol. The van der Waals surface area contributed by atoms with Crippen LogP contribution in [0.25, 0.3) is 0 Å². The molecule has 5 nitrogen and oxygen atoms in total. The van der Waals surface area contributed by atoms with Crippen molar-refractivity contribution in [3.63, 3.8) is 0 Å². The van der Waals surface area contributed by atoms with Crippen LogP contribution in [0.2, 0.25) is 0 Å². The second kappa shape index (κ2) is 6.56. The van der Waals surface area contributed by atoms with Gasteiger partial charge in [-0.2, -0.15) is 0 Å². The van der Waals surface area contributed by atoms with Gasteiger partial charge >= 0.3 is 0 Å². The Kier molecular flexibility index (Phi) is 4.25. The first-order chi connectivity index (χ1) is 12.1. The largest absolute Gasteiger partial charge is 0.333 e. The van der Waals surface area contributed by atoms with Crippen LogP contribution < -0.4 is 0 Å². The van der Waals surface area contributed by atoms with Gasteiger partial charge < -0.3 is 4.90 Å². The van der Waals surface area contributed by atoms with Gasteiger partial charge in [-0.25, -0.2) is 9.97 Å². The van der Waals surface area contributed by atoms with Crippen LogP contribution in [-0.2, 0) is 13.0 Å². The predicted molar refractivity (Wildman–Crippen MR) is 96.3 cm³/mol. The molecule has 0 saturated carbocycles. The Morgan fingerprint density at radius 2 is 1.96 bits per heavy atom. The van der Waals surface area contributed by atoms with Gasteiger partial charge in [-0.1, -0.05) is 24.3 Å². The number of rotatable bonds is 2. The van der Waals surface area contributed by atoms with E-state index < -0.39 is 0 Å². The average Bonchev–Trinajstić information content (AvgIpc) is 3.06. The van der Waals surface area contributed by atoms with E-state index in [9.17, 15) is 4.79 Å².